The Morgan fingerprint density at radius 2 is 1.70 bits per heavy atom. The molecule has 0 aliphatic carbocycles. The van der Waals surface area contributed by atoms with Crippen LogP contribution in [-0.4, -0.2) is 6.04 Å². The molecule has 0 aromatic heterocycles. The Bertz CT molecular complexity index is 555. The van der Waals surface area contributed by atoms with Gasteiger partial charge in [0.1, 0.15) is 11.6 Å². The number of rotatable bonds is 5. The molecular weight excluding hydrogens is 260 g/mol. The lowest BCUT2D eigenvalue weighted by molar-refractivity contribution is 0.0244. The molecule has 0 fully saturated rings. The summed E-state index contributed by atoms with van der Waals surface area (Å²) >= 11 is 0. The van der Waals surface area contributed by atoms with E-state index < -0.39 is 6.10 Å². The minimum atomic E-state index is -0.407. The van der Waals surface area contributed by atoms with Gasteiger partial charge in [0.25, 0.3) is 0 Å². The summed E-state index contributed by atoms with van der Waals surface area (Å²) in [5.74, 6) is -0.624. The molecule has 2 atom stereocenters. The van der Waals surface area contributed by atoms with Crippen LogP contribution in [0.15, 0.2) is 48.5 Å². The number of hydrogen-bond acceptors (Lipinski definition) is 2. The van der Waals surface area contributed by atoms with Crippen molar-refractivity contribution in [2.45, 2.75) is 25.7 Å². The molecule has 0 amide bonds. The van der Waals surface area contributed by atoms with E-state index >= 15 is 0 Å². The first-order valence-corrected chi connectivity index (χ1v) is 6.44. The van der Waals surface area contributed by atoms with Crippen LogP contribution in [0.1, 0.15) is 24.2 Å². The molecule has 106 valence electrons. The van der Waals surface area contributed by atoms with Gasteiger partial charge >= 0.3 is 0 Å². The second kappa shape index (κ2) is 6.59. The Morgan fingerprint density at radius 1 is 1.05 bits per heavy atom. The summed E-state index contributed by atoms with van der Waals surface area (Å²) in [4.78, 5) is 0. The van der Waals surface area contributed by atoms with Crippen molar-refractivity contribution in [1.29, 1.82) is 0 Å². The maximum atomic E-state index is 13.5. The number of halogens is 2. The van der Waals surface area contributed by atoms with E-state index in [2.05, 4.69) is 0 Å². The smallest absolute Gasteiger partial charge is 0.128 e. The van der Waals surface area contributed by atoms with Crippen molar-refractivity contribution in [3.63, 3.8) is 0 Å². The highest BCUT2D eigenvalue weighted by Gasteiger charge is 2.17. The quantitative estimate of drug-likeness (QED) is 0.906. The molecule has 2 aromatic carbocycles. The van der Waals surface area contributed by atoms with Gasteiger partial charge in [-0.1, -0.05) is 30.3 Å². The van der Waals surface area contributed by atoms with Gasteiger partial charge in [-0.15, -0.1) is 0 Å². The molecule has 2 N–H and O–H groups in total. The molecule has 0 heterocycles. The molecule has 2 unspecified atom stereocenters. The Balaban J connectivity index is 2.11. The van der Waals surface area contributed by atoms with E-state index in [1.54, 1.807) is 37.3 Å². The van der Waals surface area contributed by atoms with Crippen LogP contribution in [0.25, 0.3) is 0 Å². The molecule has 0 aliphatic rings. The summed E-state index contributed by atoms with van der Waals surface area (Å²) in [6.07, 6.45) is -0.407. The maximum absolute atomic E-state index is 13.5. The van der Waals surface area contributed by atoms with Crippen molar-refractivity contribution in [3.05, 3.63) is 71.3 Å². The molecule has 0 radical (unpaired) electrons. The predicted molar refractivity (Wildman–Crippen MR) is 74.0 cm³/mol. The standard InChI is InChI=1S/C16H17F2NO/c1-11(19)16(12-6-8-14(17)9-7-12)20-10-13-4-2-3-5-15(13)18/h2-9,11,16H,10,19H2,1H3. The first-order chi connectivity index (χ1) is 9.58. The fraction of sp³-hybridized carbons (Fsp3) is 0.250. The van der Waals surface area contributed by atoms with E-state index in [9.17, 15) is 8.78 Å². The summed E-state index contributed by atoms with van der Waals surface area (Å²) in [7, 11) is 0. The summed E-state index contributed by atoms with van der Waals surface area (Å²) in [6.45, 7) is 1.92. The summed E-state index contributed by atoms with van der Waals surface area (Å²) in [6, 6.07) is 12.1. The molecule has 2 nitrogen and oxygen atoms in total. The fourth-order valence-corrected chi connectivity index (χ4v) is 2.00. The highest BCUT2D eigenvalue weighted by Crippen LogP contribution is 2.23. The highest BCUT2D eigenvalue weighted by molar-refractivity contribution is 5.21. The van der Waals surface area contributed by atoms with Crippen LogP contribution in [0.2, 0.25) is 0 Å². The SMILES string of the molecule is CC(N)C(OCc1ccccc1F)c1ccc(F)cc1. The Hall–Kier alpha value is -1.78. The monoisotopic (exact) mass is 277 g/mol. The average Bonchev–Trinajstić information content (AvgIpc) is 2.42. The third-order valence-corrected chi connectivity index (χ3v) is 3.05. The first-order valence-electron chi connectivity index (χ1n) is 6.44. The number of nitrogens with two attached hydrogens (primary N) is 1. The zero-order valence-corrected chi connectivity index (χ0v) is 11.2. The van der Waals surface area contributed by atoms with Crippen molar-refractivity contribution >= 4 is 0 Å². The van der Waals surface area contributed by atoms with Crippen LogP contribution in [0.3, 0.4) is 0 Å². The molecule has 20 heavy (non-hydrogen) atoms. The van der Waals surface area contributed by atoms with Crippen LogP contribution in [-0.2, 0) is 11.3 Å². The third-order valence-electron chi connectivity index (χ3n) is 3.05. The van der Waals surface area contributed by atoms with E-state index in [-0.39, 0.29) is 24.3 Å². The van der Waals surface area contributed by atoms with E-state index in [0.29, 0.717) is 5.56 Å². The molecule has 0 saturated carbocycles. The van der Waals surface area contributed by atoms with E-state index in [0.717, 1.165) is 5.56 Å². The van der Waals surface area contributed by atoms with Crippen molar-refractivity contribution in [2.24, 2.45) is 5.73 Å². The van der Waals surface area contributed by atoms with Gasteiger partial charge in [-0.25, -0.2) is 8.78 Å². The van der Waals surface area contributed by atoms with Crippen molar-refractivity contribution in [2.75, 3.05) is 0 Å². The van der Waals surface area contributed by atoms with Gasteiger partial charge in [0, 0.05) is 11.6 Å². The Kier molecular flexibility index (Phi) is 4.82. The summed E-state index contributed by atoms with van der Waals surface area (Å²) in [5.41, 5.74) is 7.14. The van der Waals surface area contributed by atoms with Crippen molar-refractivity contribution in [3.8, 4) is 0 Å². The molecule has 0 bridgehead atoms. The van der Waals surface area contributed by atoms with Gasteiger partial charge < -0.3 is 10.5 Å². The largest absolute Gasteiger partial charge is 0.367 e. The van der Waals surface area contributed by atoms with Crippen molar-refractivity contribution < 1.29 is 13.5 Å². The van der Waals surface area contributed by atoms with Crippen LogP contribution in [0.4, 0.5) is 8.78 Å². The molecule has 2 aromatic rings. The topological polar surface area (TPSA) is 35.2 Å². The van der Waals surface area contributed by atoms with Gasteiger partial charge in [0.15, 0.2) is 0 Å². The molecule has 4 heteroatoms. The third kappa shape index (κ3) is 3.62. The minimum absolute atomic E-state index is 0.121. The zero-order valence-electron chi connectivity index (χ0n) is 11.2. The summed E-state index contributed by atoms with van der Waals surface area (Å²) in [5, 5.41) is 0. The fourth-order valence-electron chi connectivity index (χ4n) is 2.00. The average molecular weight is 277 g/mol. The lowest BCUT2D eigenvalue weighted by atomic mass is 10.0. The van der Waals surface area contributed by atoms with E-state index in [1.807, 2.05) is 0 Å². The predicted octanol–water partition coefficient (Wildman–Crippen LogP) is 3.57. The molecule has 0 spiro atoms. The van der Waals surface area contributed by atoms with Crippen molar-refractivity contribution in [1.82, 2.24) is 0 Å². The Labute approximate surface area is 117 Å². The zero-order chi connectivity index (χ0) is 14.5. The normalized spacial score (nSPS) is 14.0. The number of benzene rings is 2. The molecular formula is C16H17F2NO. The second-order valence-electron chi connectivity index (χ2n) is 4.73. The van der Waals surface area contributed by atoms with Gasteiger partial charge in [-0.05, 0) is 30.7 Å². The Morgan fingerprint density at radius 3 is 2.30 bits per heavy atom. The molecule has 0 saturated heterocycles. The minimum Gasteiger partial charge on any atom is -0.367 e. The van der Waals surface area contributed by atoms with Crippen LogP contribution < -0.4 is 5.73 Å². The van der Waals surface area contributed by atoms with Gasteiger partial charge in [0.05, 0.1) is 12.7 Å². The van der Waals surface area contributed by atoms with E-state index in [1.165, 1.54) is 18.2 Å². The highest BCUT2D eigenvalue weighted by atomic mass is 19.1. The number of hydrogen-bond donors (Lipinski definition) is 1. The molecule has 0 aliphatic heterocycles. The van der Waals surface area contributed by atoms with Crippen LogP contribution >= 0.6 is 0 Å². The van der Waals surface area contributed by atoms with Crippen LogP contribution in [0, 0.1) is 11.6 Å². The summed E-state index contributed by atoms with van der Waals surface area (Å²) < 4.78 is 32.2. The second-order valence-corrected chi connectivity index (χ2v) is 4.73. The number of ether oxygens (including phenoxy) is 1. The van der Waals surface area contributed by atoms with Gasteiger partial charge in [-0.3, -0.25) is 0 Å². The lowest BCUT2D eigenvalue weighted by Crippen LogP contribution is -2.27. The van der Waals surface area contributed by atoms with Gasteiger partial charge in [0.2, 0.25) is 0 Å². The first kappa shape index (κ1) is 14.6. The van der Waals surface area contributed by atoms with Crippen LogP contribution in [0.5, 0.6) is 0 Å². The van der Waals surface area contributed by atoms with E-state index in [4.69, 9.17) is 10.5 Å². The van der Waals surface area contributed by atoms with Gasteiger partial charge in [-0.2, -0.15) is 0 Å². The molecule has 2 rings (SSSR count). The maximum Gasteiger partial charge on any atom is 0.128 e. The lowest BCUT2D eigenvalue weighted by Gasteiger charge is -2.22.